The van der Waals surface area contributed by atoms with E-state index in [-0.39, 0.29) is 18.5 Å². The highest BCUT2D eigenvalue weighted by atomic mass is 16.5. The molecule has 2 unspecified atom stereocenters. The summed E-state index contributed by atoms with van der Waals surface area (Å²) in [7, 11) is 0. The van der Waals surface area contributed by atoms with Gasteiger partial charge in [0.2, 0.25) is 5.91 Å². The number of amides is 1. The SMILES string of the molecule is CCCCCCCCCCC/C=C/C(O)C(CO)NC(=O)CCCCCCCCCCCCCCCCCCC/C=C\CCCCCCCCCCCCCCCCCCOC(=O)CCCCCCCCCCCCC. The Labute approximate surface area is 475 Å². The van der Waals surface area contributed by atoms with Crippen LogP contribution in [0.2, 0.25) is 0 Å². The smallest absolute Gasteiger partial charge is 0.305 e. The largest absolute Gasteiger partial charge is 0.466 e. The standard InChI is InChI=1S/C70H135NO5/c1-3-5-7-9-11-13-42-46-50-54-58-62-68(73)67(66-72)71-69(74)63-59-55-51-47-44-40-38-36-34-32-30-28-26-24-22-20-18-16-15-17-19-21-23-25-27-29-31-33-35-37-39-41-45-49-53-57-61-65-76-70(75)64-60-56-52-48-43-14-12-10-8-6-4-2/h15,17,58,62,67-68,72-73H,3-14,16,18-57,59-61,63-66H2,1-2H3,(H,71,74)/b17-15-,62-58+. The Hall–Kier alpha value is -1.66. The van der Waals surface area contributed by atoms with Gasteiger partial charge in [-0.1, -0.05) is 340 Å². The van der Waals surface area contributed by atoms with Crippen LogP contribution in [0.5, 0.6) is 0 Å². The van der Waals surface area contributed by atoms with Crippen LogP contribution in [0.1, 0.15) is 386 Å². The second-order valence-corrected chi connectivity index (χ2v) is 23.9. The molecule has 6 heteroatoms. The van der Waals surface area contributed by atoms with E-state index < -0.39 is 12.1 Å². The van der Waals surface area contributed by atoms with Gasteiger partial charge in [-0.05, 0) is 57.8 Å². The minimum Gasteiger partial charge on any atom is -0.466 e. The third kappa shape index (κ3) is 61.6. The summed E-state index contributed by atoms with van der Waals surface area (Å²) in [5.41, 5.74) is 0. The number of allylic oxidation sites excluding steroid dienone is 3. The van der Waals surface area contributed by atoms with Crippen molar-refractivity contribution in [2.75, 3.05) is 13.2 Å². The summed E-state index contributed by atoms with van der Waals surface area (Å²) in [4.78, 5) is 24.4. The summed E-state index contributed by atoms with van der Waals surface area (Å²) in [5.74, 6) is -0.0424. The van der Waals surface area contributed by atoms with Crippen molar-refractivity contribution in [3.05, 3.63) is 24.3 Å². The fourth-order valence-electron chi connectivity index (χ4n) is 10.9. The summed E-state index contributed by atoms with van der Waals surface area (Å²) in [5, 5.41) is 23.1. The Balaban J connectivity index is 3.32. The van der Waals surface area contributed by atoms with Gasteiger partial charge in [0, 0.05) is 12.8 Å². The molecule has 3 N–H and O–H groups in total. The molecule has 0 rings (SSSR count). The molecule has 0 radical (unpaired) electrons. The van der Waals surface area contributed by atoms with E-state index in [0.29, 0.717) is 19.4 Å². The molecule has 0 saturated heterocycles. The Morgan fingerprint density at radius 1 is 0.355 bits per heavy atom. The lowest BCUT2D eigenvalue weighted by Crippen LogP contribution is -2.45. The molecule has 0 bridgehead atoms. The van der Waals surface area contributed by atoms with Crippen LogP contribution in [-0.2, 0) is 14.3 Å². The number of aliphatic hydroxyl groups excluding tert-OH is 2. The van der Waals surface area contributed by atoms with E-state index in [9.17, 15) is 19.8 Å². The zero-order valence-corrected chi connectivity index (χ0v) is 51.5. The van der Waals surface area contributed by atoms with Gasteiger partial charge in [0.15, 0.2) is 0 Å². The lowest BCUT2D eigenvalue weighted by atomic mass is 10.0. The number of esters is 1. The van der Waals surface area contributed by atoms with Crippen molar-refractivity contribution in [2.45, 2.75) is 398 Å². The average molecular weight is 1070 g/mol. The van der Waals surface area contributed by atoms with Crippen molar-refractivity contribution in [1.29, 1.82) is 0 Å². The lowest BCUT2D eigenvalue weighted by molar-refractivity contribution is -0.143. The number of aliphatic hydroxyl groups is 2. The molecular weight excluding hydrogens is 935 g/mol. The van der Waals surface area contributed by atoms with Crippen LogP contribution < -0.4 is 5.32 Å². The lowest BCUT2D eigenvalue weighted by Gasteiger charge is -2.20. The van der Waals surface area contributed by atoms with E-state index >= 15 is 0 Å². The highest BCUT2D eigenvalue weighted by Gasteiger charge is 2.18. The minimum absolute atomic E-state index is 0.0213. The molecule has 0 fully saturated rings. The van der Waals surface area contributed by atoms with Gasteiger partial charge in [-0.15, -0.1) is 0 Å². The Morgan fingerprint density at radius 3 is 0.934 bits per heavy atom. The maximum absolute atomic E-state index is 12.4. The van der Waals surface area contributed by atoms with Crippen LogP contribution in [0.4, 0.5) is 0 Å². The van der Waals surface area contributed by atoms with Gasteiger partial charge < -0.3 is 20.3 Å². The molecule has 76 heavy (non-hydrogen) atoms. The van der Waals surface area contributed by atoms with Crippen molar-refractivity contribution in [2.24, 2.45) is 0 Å². The fraction of sp³-hybridized carbons (Fsp3) is 0.914. The first kappa shape index (κ1) is 74.3. The molecule has 0 aromatic rings. The van der Waals surface area contributed by atoms with Crippen molar-refractivity contribution in [3.63, 3.8) is 0 Å². The molecule has 0 aromatic carbocycles. The summed E-state index contributed by atoms with van der Waals surface area (Å²) >= 11 is 0. The summed E-state index contributed by atoms with van der Waals surface area (Å²) in [6.45, 7) is 4.91. The van der Waals surface area contributed by atoms with E-state index in [0.717, 1.165) is 38.5 Å². The van der Waals surface area contributed by atoms with Crippen LogP contribution >= 0.6 is 0 Å². The zero-order chi connectivity index (χ0) is 55.0. The minimum atomic E-state index is -0.839. The predicted octanol–water partition coefficient (Wildman–Crippen LogP) is 22.1. The van der Waals surface area contributed by atoms with Gasteiger partial charge in [-0.25, -0.2) is 0 Å². The number of hydrogen-bond donors (Lipinski definition) is 3. The molecular formula is C70H135NO5. The van der Waals surface area contributed by atoms with Crippen molar-refractivity contribution >= 4 is 11.9 Å². The summed E-state index contributed by atoms with van der Waals surface area (Å²) < 4.78 is 5.48. The normalized spacial score (nSPS) is 12.6. The second-order valence-electron chi connectivity index (χ2n) is 23.9. The first-order valence-corrected chi connectivity index (χ1v) is 34.6. The number of carbonyl (C=O) groups is 2. The van der Waals surface area contributed by atoms with Gasteiger partial charge in [0.05, 0.1) is 25.4 Å². The number of unbranched alkanes of at least 4 members (excludes halogenated alkanes) is 52. The predicted molar refractivity (Wildman–Crippen MR) is 333 cm³/mol. The first-order valence-electron chi connectivity index (χ1n) is 34.6. The van der Waals surface area contributed by atoms with Gasteiger partial charge in [-0.3, -0.25) is 9.59 Å². The number of carbonyl (C=O) groups excluding carboxylic acids is 2. The molecule has 0 aromatic heterocycles. The third-order valence-corrected chi connectivity index (χ3v) is 16.2. The molecule has 0 saturated carbocycles. The topological polar surface area (TPSA) is 95.9 Å². The molecule has 450 valence electrons. The Kier molecular flexibility index (Phi) is 64.4. The molecule has 0 aliphatic carbocycles. The molecule has 0 aliphatic heterocycles. The maximum atomic E-state index is 12.4. The van der Waals surface area contributed by atoms with E-state index in [4.69, 9.17) is 4.74 Å². The number of rotatable bonds is 65. The molecule has 1 amide bonds. The number of nitrogens with one attached hydrogen (secondary N) is 1. The summed E-state index contributed by atoms with van der Waals surface area (Å²) in [6.07, 6.45) is 82.8. The fourth-order valence-corrected chi connectivity index (χ4v) is 10.9. The van der Waals surface area contributed by atoms with E-state index in [2.05, 4.69) is 31.3 Å². The monoisotopic (exact) mass is 1070 g/mol. The van der Waals surface area contributed by atoms with Gasteiger partial charge in [-0.2, -0.15) is 0 Å². The van der Waals surface area contributed by atoms with Crippen molar-refractivity contribution in [3.8, 4) is 0 Å². The second kappa shape index (κ2) is 65.9. The van der Waals surface area contributed by atoms with E-state index in [1.807, 2.05) is 6.08 Å². The van der Waals surface area contributed by atoms with Crippen LogP contribution in [0.25, 0.3) is 0 Å². The van der Waals surface area contributed by atoms with Gasteiger partial charge in [0.25, 0.3) is 0 Å². The number of hydrogen-bond acceptors (Lipinski definition) is 5. The maximum Gasteiger partial charge on any atom is 0.305 e. The van der Waals surface area contributed by atoms with Crippen LogP contribution in [-0.4, -0.2) is 47.4 Å². The van der Waals surface area contributed by atoms with Crippen molar-refractivity contribution in [1.82, 2.24) is 5.32 Å². The Morgan fingerprint density at radius 2 is 0.618 bits per heavy atom. The molecule has 0 heterocycles. The molecule has 2 atom stereocenters. The molecule has 0 spiro atoms. The zero-order valence-electron chi connectivity index (χ0n) is 51.5. The van der Waals surface area contributed by atoms with E-state index in [1.54, 1.807) is 6.08 Å². The third-order valence-electron chi connectivity index (χ3n) is 16.2. The van der Waals surface area contributed by atoms with Gasteiger partial charge in [0.1, 0.15) is 0 Å². The first-order chi connectivity index (χ1) is 37.5. The highest BCUT2D eigenvalue weighted by molar-refractivity contribution is 5.76. The number of ether oxygens (including phenoxy) is 1. The summed E-state index contributed by atoms with van der Waals surface area (Å²) in [6, 6.07) is -0.623. The van der Waals surface area contributed by atoms with E-state index in [1.165, 1.54) is 321 Å². The van der Waals surface area contributed by atoms with Crippen LogP contribution in [0.15, 0.2) is 24.3 Å². The average Bonchev–Trinajstić information content (AvgIpc) is 3.42. The van der Waals surface area contributed by atoms with Gasteiger partial charge >= 0.3 is 5.97 Å². The quantitative estimate of drug-likeness (QED) is 0.0320. The Bertz CT molecular complexity index is 1190. The molecule has 6 nitrogen and oxygen atoms in total. The highest BCUT2D eigenvalue weighted by Crippen LogP contribution is 2.18. The van der Waals surface area contributed by atoms with Crippen molar-refractivity contribution < 1.29 is 24.5 Å². The van der Waals surface area contributed by atoms with Crippen LogP contribution in [0, 0.1) is 0 Å². The molecule has 0 aliphatic rings. The van der Waals surface area contributed by atoms with Crippen LogP contribution in [0.3, 0.4) is 0 Å².